The Kier molecular flexibility index (Phi) is 6.07. The highest BCUT2D eigenvalue weighted by Gasteiger charge is 2.10. The molecule has 0 aromatic heterocycles. The summed E-state index contributed by atoms with van der Waals surface area (Å²) in [6.45, 7) is 2.69. The Balaban J connectivity index is 2.71. The predicted molar refractivity (Wildman–Crippen MR) is 77.0 cm³/mol. The van der Waals surface area contributed by atoms with E-state index in [1.54, 1.807) is 12.1 Å². The second kappa shape index (κ2) is 7.81. The molecule has 106 valence electrons. The van der Waals surface area contributed by atoms with Gasteiger partial charge < -0.3 is 22.1 Å². The summed E-state index contributed by atoms with van der Waals surface area (Å²) < 4.78 is 0. The van der Waals surface area contributed by atoms with Gasteiger partial charge >= 0.3 is 6.03 Å². The Morgan fingerprint density at radius 1 is 1.25 bits per heavy atom. The summed E-state index contributed by atoms with van der Waals surface area (Å²) in [7, 11) is 0. The quantitative estimate of drug-likeness (QED) is 0.447. The molecule has 1 rings (SSSR count). The minimum absolute atomic E-state index is 0.217. The maximum atomic E-state index is 12.0. The van der Waals surface area contributed by atoms with Crippen LogP contribution in [0.2, 0.25) is 0 Å². The molecule has 0 radical (unpaired) electrons. The molecule has 1 aromatic carbocycles. The van der Waals surface area contributed by atoms with Crippen molar-refractivity contribution in [3.8, 4) is 11.8 Å². The lowest BCUT2D eigenvalue weighted by atomic mass is 10.0. The van der Waals surface area contributed by atoms with Gasteiger partial charge in [-0.1, -0.05) is 17.9 Å². The van der Waals surface area contributed by atoms with Crippen LogP contribution in [0.1, 0.15) is 21.5 Å². The zero-order valence-corrected chi connectivity index (χ0v) is 11.3. The zero-order valence-electron chi connectivity index (χ0n) is 11.3. The number of hydrogen-bond donors (Lipinski definition) is 4. The highest BCUT2D eigenvalue weighted by molar-refractivity contribution is 5.96. The van der Waals surface area contributed by atoms with E-state index in [1.807, 2.05) is 13.0 Å². The van der Waals surface area contributed by atoms with E-state index in [9.17, 15) is 9.59 Å². The molecule has 6 nitrogen and oxygen atoms in total. The number of carbonyl (C=O) groups excluding carboxylic acids is 2. The van der Waals surface area contributed by atoms with Gasteiger partial charge in [0.15, 0.2) is 0 Å². The number of nitrogens with two attached hydrogens (primary N) is 2. The molecule has 0 spiro atoms. The molecule has 0 saturated heterocycles. The second-order valence-corrected chi connectivity index (χ2v) is 4.03. The average Bonchev–Trinajstić information content (AvgIpc) is 2.42. The van der Waals surface area contributed by atoms with Crippen LogP contribution in [0.25, 0.3) is 0 Å². The SMILES string of the molecule is Cc1c(C#CCN)cccc1C(=O)NCCNC(N)=O. The Labute approximate surface area is 117 Å². The maximum absolute atomic E-state index is 12.0. The molecular weight excluding hydrogens is 256 g/mol. The Bertz CT molecular complexity index is 558. The number of benzene rings is 1. The third-order valence-corrected chi connectivity index (χ3v) is 2.61. The monoisotopic (exact) mass is 274 g/mol. The maximum Gasteiger partial charge on any atom is 0.312 e. The molecule has 20 heavy (non-hydrogen) atoms. The topological polar surface area (TPSA) is 110 Å². The van der Waals surface area contributed by atoms with Gasteiger partial charge in [-0.3, -0.25) is 4.79 Å². The van der Waals surface area contributed by atoms with Crippen molar-refractivity contribution in [1.29, 1.82) is 0 Å². The van der Waals surface area contributed by atoms with Crippen molar-refractivity contribution < 1.29 is 9.59 Å². The fraction of sp³-hybridized carbons (Fsp3) is 0.286. The number of nitrogens with one attached hydrogen (secondary N) is 2. The highest BCUT2D eigenvalue weighted by Crippen LogP contribution is 2.12. The molecule has 0 bridgehead atoms. The van der Waals surface area contributed by atoms with Crippen LogP contribution in [-0.2, 0) is 0 Å². The largest absolute Gasteiger partial charge is 0.352 e. The van der Waals surface area contributed by atoms with E-state index >= 15 is 0 Å². The van der Waals surface area contributed by atoms with E-state index in [2.05, 4.69) is 22.5 Å². The van der Waals surface area contributed by atoms with Gasteiger partial charge in [0.2, 0.25) is 0 Å². The first kappa shape index (κ1) is 15.5. The van der Waals surface area contributed by atoms with E-state index < -0.39 is 6.03 Å². The molecule has 6 heteroatoms. The summed E-state index contributed by atoms with van der Waals surface area (Å²) in [5, 5.41) is 5.09. The van der Waals surface area contributed by atoms with E-state index in [0.717, 1.165) is 11.1 Å². The Morgan fingerprint density at radius 2 is 1.95 bits per heavy atom. The minimum atomic E-state index is -0.616. The van der Waals surface area contributed by atoms with Gasteiger partial charge in [0.05, 0.1) is 6.54 Å². The molecule has 6 N–H and O–H groups in total. The predicted octanol–water partition coefficient (Wildman–Crippen LogP) is -0.297. The Morgan fingerprint density at radius 3 is 2.60 bits per heavy atom. The summed E-state index contributed by atoms with van der Waals surface area (Å²) in [5.41, 5.74) is 12.4. The standard InChI is InChI=1S/C14H18N4O2/c1-10-11(5-3-7-15)4-2-6-12(10)13(19)17-8-9-18-14(16)20/h2,4,6H,7-9,15H2,1H3,(H,17,19)(H3,16,18,20). The summed E-state index contributed by atoms with van der Waals surface area (Å²) in [5.74, 6) is 5.47. The molecule has 0 unspecified atom stereocenters. The number of urea groups is 1. The fourth-order valence-electron chi connectivity index (χ4n) is 1.62. The van der Waals surface area contributed by atoms with Crippen molar-refractivity contribution in [2.24, 2.45) is 11.5 Å². The first-order valence-corrected chi connectivity index (χ1v) is 6.16. The summed E-state index contributed by atoms with van der Waals surface area (Å²) in [4.78, 5) is 22.5. The van der Waals surface area contributed by atoms with Gasteiger partial charge in [-0.15, -0.1) is 0 Å². The lowest BCUT2D eigenvalue weighted by molar-refractivity contribution is 0.0953. The van der Waals surface area contributed by atoms with Crippen LogP contribution in [0, 0.1) is 18.8 Å². The normalized spacial score (nSPS) is 9.30. The van der Waals surface area contributed by atoms with Crippen molar-refractivity contribution in [2.75, 3.05) is 19.6 Å². The van der Waals surface area contributed by atoms with Crippen LogP contribution >= 0.6 is 0 Å². The van der Waals surface area contributed by atoms with Crippen LogP contribution in [-0.4, -0.2) is 31.6 Å². The van der Waals surface area contributed by atoms with E-state index in [0.29, 0.717) is 12.1 Å². The van der Waals surface area contributed by atoms with Crippen LogP contribution in [0.5, 0.6) is 0 Å². The lowest BCUT2D eigenvalue weighted by Crippen LogP contribution is -2.37. The average molecular weight is 274 g/mol. The zero-order chi connectivity index (χ0) is 15.0. The third-order valence-electron chi connectivity index (χ3n) is 2.61. The van der Waals surface area contributed by atoms with Gasteiger partial charge in [0.25, 0.3) is 5.91 Å². The van der Waals surface area contributed by atoms with Crippen LogP contribution < -0.4 is 22.1 Å². The summed E-state index contributed by atoms with van der Waals surface area (Å²) in [6.07, 6.45) is 0. The van der Waals surface area contributed by atoms with Crippen molar-refractivity contribution in [2.45, 2.75) is 6.92 Å². The van der Waals surface area contributed by atoms with Gasteiger partial charge in [-0.2, -0.15) is 0 Å². The van der Waals surface area contributed by atoms with E-state index in [4.69, 9.17) is 11.5 Å². The number of carbonyl (C=O) groups is 2. The fourth-order valence-corrected chi connectivity index (χ4v) is 1.62. The van der Waals surface area contributed by atoms with Crippen molar-refractivity contribution >= 4 is 11.9 Å². The van der Waals surface area contributed by atoms with Crippen LogP contribution in [0.4, 0.5) is 4.79 Å². The molecule has 0 saturated carbocycles. The Hall–Kier alpha value is -2.52. The molecule has 0 heterocycles. The number of rotatable bonds is 4. The number of amides is 3. The third kappa shape index (κ3) is 4.63. The van der Waals surface area contributed by atoms with Crippen molar-refractivity contribution in [3.05, 3.63) is 34.9 Å². The van der Waals surface area contributed by atoms with Crippen LogP contribution in [0.3, 0.4) is 0 Å². The van der Waals surface area contributed by atoms with Gasteiger partial charge in [0.1, 0.15) is 0 Å². The van der Waals surface area contributed by atoms with Crippen molar-refractivity contribution in [1.82, 2.24) is 10.6 Å². The number of primary amides is 1. The van der Waals surface area contributed by atoms with Crippen molar-refractivity contribution in [3.63, 3.8) is 0 Å². The number of hydrogen-bond acceptors (Lipinski definition) is 3. The van der Waals surface area contributed by atoms with Crippen LogP contribution in [0.15, 0.2) is 18.2 Å². The molecule has 0 aliphatic rings. The smallest absolute Gasteiger partial charge is 0.312 e. The molecule has 0 atom stereocenters. The molecular formula is C14H18N4O2. The molecule has 1 aromatic rings. The summed E-state index contributed by atoms with van der Waals surface area (Å²) in [6, 6.07) is 4.71. The first-order valence-electron chi connectivity index (χ1n) is 6.16. The van der Waals surface area contributed by atoms with E-state index in [1.165, 1.54) is 0 Å². The van der Waals surface area contributed by atoms with Gasteiger partial charge in [0, 0.05) is 24.2 Å². The molecule has 0 aliphatic heterocycles. The molecule has 3 amide bonds. The second-order valence-electron chi connectivity index (χ2n) is 4.03. The molecule has 0 fully saturated rings. The molecule has 0 aliphatic carbocycles. The first-order chi connectivity index (χ1) is 9.56. The van der Waals surface area contributed by atoms with Gasteiger partial charge in [-0.05, 0) is 24.6 Å². The lowest BCUT2D eigenvalue weighted by Gasteiger charge is -2.09. The van der Waals surface area contributed by atoms with E-state index in [-0.39, 0.29) is 19.0 Å². The van der Waals surface area contributed by atoms with Gasteiger partial charge in [-0.25, -0.2) is 4.79 Å². The highest BCUT2D eigenvalue weighted by atomic mass is 16.2. The minimum Gasteiger partial charge on any atom is -0.352 e. The summed E-state index contributed by atoms with van der Waals surface area (Å²) >= 11 is 0.